The maximum atomic E-state index is 12.2. The van der Waals surface area contributed by atoms with Gasteiger partial charge >= 0.3 is 12.1 Å². The number of hydrogen-bond acceptors (Lipinski definition) is 4. The Balaban J connectivity index is 2.12. The Hall–Kier alpha value is -2.05. The van der Waals surface area contributed by atoms with Crippen molar-refractivity contribution in [2.45, 2.75) is 45.6 Å². The zero-order valence-corrected chi connectivity index (χ0v) is 14.4. The van der Waals surface area contributed by atoms with E-state index in [1.165, 1.54) is 6.20 Å². The lowest BCUT2D eigenvalue weighted by atomic mass is 9.83. The molecule has 0 radical (unpaired) electrons. The van der Waals surface area contributed by atoms with Crippen LogP contribution in [0.3, 0.4) is 0 Å². The minimum atomic E-state index is -0.963. The number of amides is 1. The molecule has 1 aromatic heterocycles. The SMILES string of the molecule is CC1CN(C(=O)OC(C)(C)C)CCC1c1c(C(=O)O)cnn1C. The molecule has 0 aromatic carbocycles. The molecule has 1 aromatic rings. The summed E-state index contributed by atoms with van der Waals surface area (Å²) in [6.45, 7) is 8.65. The lowest BCUT2D eigenvalue weighted by molar-refractivity contribution is 0.0151. The van der Waals surface area contributed by atoms with Gasteiger partial charge in [-0.25, -0.2) is 9.59 Å². The van der Waals surface area contributed by atoms with Crippen LogP contribution in [0, 0.1) is 5.92 Å². The molecule has 0 aliphatic carbocycles. The van der Waals surface area contributed by atoms with Crippen molar-refractivity contribution < 1.29 is 19.4 Å². The lowest BCUT2D eigenvalue weighted by Crippen LogP contribution is -2.45. The first-order valence-corrected chi connectivity index (χ1v) is 7.83. The number of aromatic carboxylic acids is 1. The third kappa shape index (κ3) is 3.83. The fourth-order valence-electron chi connectivity index (χ4n) is 3.10. The summed E-state index contributed by atoms with van der Waals surface area (Å²) in [5.74, 6) is -0.771. The highest BCUT2D eigenvalue weighted by molar-refractivity contribution is 5.88. The second-order valence-corrected chi connectivity index (χ2v) is 7.17. The lowest BCUT2D eigenvalue weighted by Gasteiger charge is -2.37. The molecule has 2 rings (SSSR count). The number of nitrogens with zero attached hydrogens (tertiary/aromatic N) is 3. The van der Waals surface area contributed by atoms with Crippen LogP contribution < -0.4 is 0 Å². The molecular weight excluding hydrogens is 298 g/mol. The quantitative estimate of drug-likeness (QED) is 0.904. The van der Waals surface area contributed by atoms with Gasteiger partial charge in [0.15, 0.2) is 0 Å². The van der Waals surface area contributed by atoms with E-state index in [1.807, 2.05) is 27.7 Å². The minimum absolute atomic E-state index is 0.0623. The number of carboxylic acids is 1. The van der Waals surface area contributed by atoms with Gasteiger partial charge in [-0.1, -0.05) is 6.92 Å². The van der Waals surface area contributed by atoms with Crippen LogP contribution in [0.2, 0.25) is 0 Å². The van der Waals surface area contributed by atoms with Crippen LogP contribution in [0.5, 0.6) is 0 Å². The summed E-state index contributed by atoms with van der Waals surface area (Å²) in [5.41, 5.74) is 0.458. The largest absolute Gasteiger partial charge is 0.478 e. The van der Waals surface area contributed by atoms with E-state index in [1.54, 1.807) is 16.6 Å². The van der Waals surface area contributed by atoms with Gasteiger partial charge in [0.05, 0.1) is 11.9 Å². The number of likely N-dealkylation sites (tertiary alicyclic amines) is 1. The first-order chi connectivity index (χ1) is 10.6. The van der Waals surface area contributed by atoms with E-state index in [9.17, 15) is 14.7 Å². The Morgan fingerprint density at radius 3 is 2.57 bits per heavy atom. The number of rotatable bonds is 2. The number of piperidine rings is 1. The van der Waals surface area contributed by atoms with Crippen molar-refractivity contribution in [1.82, 2.24) is 14.7 Å². The molecule has 1 N–H and O–H groups in total. The number of aryl methyl sites for hydroxylation is 1. The normalized spacial score (nSPS) is 22.0. The number of ether oxygens (including phenoxy) is 1. The zero-order chi connectivity index (χ0) is 17.4. The number of carboxylic acid groups (broad SMARTS) is 1. The first kappa shape index (κ1) is 17.3. The number of aromatic nitrogens is 2. The van der Waals surface area contributed by atoms with Gasteiger partial charge in [-0.05, 0) is 33.1 Å². The topological polar surface area (TPSA) is 84.7 Å². The maximum Gasteiger partial charge on any atom is 0.410 e. The van der Waals surface area contributed by atoms with Gasteiger partial charge in [0.25, 0.3) is 0 Å². The van der Waals surface area contributed by atoms with Gasteiger partial charge in [0, 0.05) is 26.1 Å². The smallest absolute Gasteiger partial charge is 0.410 e. The molecule has 128 valence electrons. The molecule has 7 nitrogen and oxygen atoms in total. The molecule has 0 spiro atoms. The number of hydrogen-bond donors (Lipinski definition) is 1. The van der Waals surface area contributed by atoms with Crippen LogP contribution in [0.25, 0.3) is 0 Å². The molecule has 23 heavy (non-hydrogen) atoms. The molecule has 0 saturated carbocycles. The molecule has 2 unspecified atom stereocenters. The monoisotopic (exact) mass is 323 g/mol. The number of carbonyl (C=O) groups is 2. The van der Waals surface area contributed by atoms with Crippen molar-refractivity contribution in [3.8, 4) is 0 Å². The van der Waals surface area contributed by atoms with Gasteiger partial charge < -0.3 is 14.7 Å². The first-order valence-electron chi connectivity index (χ1n) is 7.83. The molecule has 2 heterocycles. The van der Waals surface area contributed by atoms with Crippen LogP contribution in [-0.2, 0) is 11.8 Å². The predicted octanol–water partition coefficient (Wildman–Crippen LogP) is 2.48. The second-order valence-electron chi connectivity index (χ2n) is 7.17. The third-order valence-electron chi connectivity index (χ3n) is 4.12. The number of carbonyl (C=O) groups excluding carboxylic acids is 1. The Labute approximate surface area is 136 Å². The second kappa shape index (κ2) is 6.22. The molecule has 1 saturated heterocycles. The molecule has 1 aliphatic rings. The van der Waals surface area contributed by atoms with E-state index in [4.69, 9.17) is 4.74 Å². The average Bonchev–Trinajstić information content (AvgIpc) is 2.78. The van der Waals surface area contributed by atoms with Crippen molar-refractivity contribution >= 4 is 12.1 Å². The van der Waals surface area contributed by atoms with E-state index >= 15 is 0 Å². The molecular formula is C16H25N3O4. The van der Waals surface area contributed by atoms with Crippen molar-refractivity contribution in [3.05, 3.63) is 17.5 Å². The standard InChI is InChI=1S/C16H25N3O4/c1-10-9-19(15(22)23-16(2,3)4)7-6-11(10)13-12(14(20)21)8-17-18(13)5/h8,10-11H,6-7,9H2,1-5H3,(H,20,21). The summed E-state index contributed by atoms with van der Waals surface area (Å²) < 4.78 is 7.05. The highest BCUT2D eigenvalue weighted by Gasteiger charge is 2.35. The maximum absolute atomic E-state index is 12.2. The van der Waals surface area contributed by atoms with Crippen LogP contribution in [0.4, 0.5) is 4.79 Å². The summed E-state index contributed by atoms with van der Waals surface area (Å²) in [6.07, 6.45) is 1.77. The van der Waals surface area contributed by atoms with Crippen molar-refractivity contribution in [2.75, 3.05) is 13.1 Å². The summed E-state index contributed by atoms with van der Waals surface area (Å²) in [6, 6.07) is 0. The summed E-state index contributed by atoms with van der Waals surface area (Å²) >= 11 is 0. The fraction of sp³-hybridized carbons (Fsp3) is 0.688. The molecule has 1 fully saturated rings. The minimum Gasteiger partial charge on any atom is -0.478 e. The van der Waals surface area contributed by atoms with Crippen LogP contribution in [0.1, 0.15) is 56.1 Å². The Kier molecular flexibility index (Phi) is 4.68. The Morgan fingerprint density at radius 1 is 1.39 bits per heavy atom. The van der Waals surface area contributed by atoms with Crippen molar-refractivity contribution in [1.29, 1.82) is 0 Å². The highest BCUT2D eigenvalue weighted by Crippen LogP contribution is 2.34. The van der Waals surface area contributed by atoms with Crippen LogP contribution >= 0.6 is 0 Å². The molecule has 1 aliphatic heterocycles. The molecule has 2 atom stereocenters. The summed E-state index contributed by atoms with van der Waals surface area (Å²) in [5, 5.41) is 13.4. The van der Waals surface area contributed by atoms with E-state index in [2.05, 4.69) is 5.10 Å². The van der Waals surface area contributed by atoms with Gasteiger partial charge in [0.2, 0.25) is 0 Å². The van der Waals surface area contributed by atoms with Gasteiger partial charge in [-0.15, -0.1) is 0 Å². The molecule has 7 heteroatoms. The predicted molar refractivity (Wildman–Crippen MR) is 84.5 cm³/mol. The third-order valence-corrected chi connectivity index (χ3v) is 4.12. The van der Waals surface area contributed by atoms with Gasteiger partial charge in [0.1, 0.15) is 11.2 Å². The highest BCUT2D eigenvalue weighted by atomic mass is 16.6. The Bertz CT molecular complexity index is 603. The van der Waals surface area contributed by atoms with Crippen molar-refractivity contribution in [2.24, 2.45) is 13.0 Å². The summed E-state index contributed by atoms with van der Waals surface area (Å²) in [4.78, 5) is 25.3. The van der Waals surface area contributed by atoms with E-state index < -0.39 is 11.6 Å². The van der Waals surface area contributed by atoms with Crippen LogP contribution in [-0.4, -0.2) is 50.5 Å². The van der Waals surface area contributed by atoms with Crippen LogP contribution in [0.15, 0.2) is 6.20 Å². The average molecular weight is 323 g/mol. The van der Waals surface area contributed by atoms with Crippen molar-refractivity contribution in [3.63, 3.8) is 0 Å². The van der Waals surface area contributed by atoms with Gasteiger partial charge in [-0.2, -0.15) is 5.10 Å². The fourth-order valence-corrected chi connectivity index (χ4v) is 3.10. The van der Waals surface area contributed by atoms with E-state index in [0.29, 0.717) is 19.5 Å². The van der Waals surface area contributed by atoms with E-state index in [0.717, 1.165) is 5.69 Å². The zero-order valence-electron chi connectivity index (χ0n) is 14.4. The molecule has 0 bridgehead atoms. The molecule has 1 amide bonds. The van der Waals surface area contributed by atoms with Gasteiger partial charge in [-0.3, -0.25) is 4.68 Å². The Morgan fingerprint density at radius 2 is 2.04 bits per heavy atom. The summed E-state index contributed by atoms with van der Waals surface area (Å²) in [7, 11) is 1.76. The van der Waals surface area contributed by atoms with E-state index in [-0.39, 0.29) is 23.5 Å².